The molecule has 0 fully saturated rings. The van der Waals surface area contributed by atoms with E-state index in [9.17, 15) is 9.59 Å². The first kappa shape index (κ1) is 19.6. The Morgan fingerprint density at radius 1 is 0.893 bits per heavy atom. The molecule has 142 valence electrons. The minimum atomic E-state index is -0.381. The van der Waals surface area contributed by atoms with Gasteiger partial charge in [0.05, 0.1) is 10.7 Å². The molecular weight excluding hydrogens is 374 g/mol. The number of carbonyl (C=O) groups is 2. The first-order valence-corrected chi connectivity index (χ1v) is 9.14. The van der Waals surface area contributed by atoms with Crippen molar-refractivity contribution in [3.63, 3.8) is 0 Å². The van der Waals surface area contributed by atoms with E-state index in [0.717, 1.165) is 16.7 Å². The van der Waals surface area contributed by atoms with Gasteiger partial charge in [0.1, 0.15) is 5.69 Å². The summed E-state index contributed by atoms with van der Waals surface area (Å²) >= 11 is 6.26. The summed E-state index contributed by atoms with van der Waals surface area (Å²) in [5.74, 6) is -0.741. The number of benzene rings is 2. The Hall–Kier alpha value is -3.18. The van der Waals surface area contributed by atoms with E-state index in [2.05, 4.69) is 15.6 Å². The molecule has 3 rings (SSSR count). The molecular formula is C22H20ClN3O2. The maximum atomic E-state index is 12.7. The second kappa shape index (κ2) is 8.23. The number of amides is 2. The van der Waals surface area contributed by atoms with Gasteiger partial charge in [0.25, 0.3) is 11.8 Å². The highest BCUT2D eigenvalue weighted by molar-refractivity contribution is 6.34. The molecule has 2 N–H and O–H groups in total. The molecule has 0 radical (unpaired) electrons. The lowest BCUT2D eigenvalue weighted by atomic mass is 10.1. The summed E-state index contributed by atoms with van der Waals surface area (Å²) < 4.78 is 0. The number of para-hydroxylation sites is 1. The second-order valence-electron chi connectivity index (χ2n) is 6.59. The first-order valence-electron chi connectivity index (χ1n) is 8.76. The Kier molecular flexibility index (Phi) is 5.76. The number of anilines is 2. The average molecular weight is 394 g/mol. The Bertz CT molecular complexity index is 1040. The number of aryl methyl sites for hydroxylation is 3. The molecule has 1 aromatic heterocycles. The van der Waals surface area contributed by atoms with Crippen molar-refractivity contribution in [2.24, 2.45) is 0 Å². The van der Waals surface area contributed by atoms with Crippen LogP contribution in [0.25, 0.3) is 0 Å². The highest BCUT2D eigenvalue weighted by Gasteiger charge is 2.15. The third-order valence-electron chi connectivity index (χ3n) is 4.32. The summed E-state index contributed by atoms with van der Waals surface area (Å²) in [6.07, 6.45) is 1.44. The summed E-state index contributed by atoms with van der Waals surface area (Å²) in [5, 5.41) is 6.10. The predicted octanol–water partition coefficient (Wildman–Crippen LogP) is 5.16. The van der Waals surface area contributed by atoms with Crippen molar-refractivity contribution in [2.75, 3.05) is 10.6 Å². The van der Waals surface area contributed by atoms with Gasteiger partial charge in [-0.25, -0.2) is 0 Å². The van der Waals surface area contributed by atoms with E-state index in [4.69, 9.17) is 11.6 Å². The van der Waals surface area contributed by atoms with Gasteiger partial charge in [-0.05, 0) is 61.7 Å². The van der Waals surface area contributed by atoms with Crippen LogP contribution in [0.1, 0.15) is 37.5 Å². The normalized spacial score (nSPS) is 10.4. The van der Waals surface area contributed by atoms with Crippen molar-refractivity contribution < 1.29 is 9.59 Å². The van der Waals surface area contributed by atoms with Crippen LogP contribution in [0.3, 0.4) is 0 Å². The number of nitrogens with zero attached hydrogens (tertiary/aromatic N) is 1. The summed E-state index contributed by atoms with van der Waals surface area (Å²) in [7, 11) is 0. The van der Waals surface area contributed by atoms with Crippen LogP contribution >= 0.6 is 11.6 Å². The van der Waals surface area contributed by atoms with Crippen LogP contribution in [0.5, 0.6) is 0 Å². The molecule has 5 nitrogen and oxygen atoms in total. The zero-order valence-electron chi connectivity index (χ0n) is 15.8. The number of hydrogen-bond donors (Lipinski definition) is 2. The quantitative estimate of drug-likeness (QED) is 0.642. The van der Waals surface area contributed by atoms with Gasteiger partial charge in [-0.1, -0.05) is 35.9 Å². The molecule has 0 saturated heterocycles. The maximum Gasteiger partial charge on any atom is 0.274 e. The molecule has 2 amide bonds. The van der Waals surface area contributed by atoms with Gasteiger partial charge in [-0.2, -0.15) is 0 Å². The molecule has 0 spiro atoms. The Morgan fingerprint density at radius 3 is 2.36 bits per heavy atom. The number of pyridine rings is 1. The van der Waals surface area contributed by atoms with Crippen LogP contribution in [-0.4, -0.2) is 16.8 Å². The Morgan fingerprint density at radius 2 is 1.64 bits per heavy atom. The van der Waals surface area contributed by atoms with Crippen molar-refractivity contribution in [3.8, 4) is 0 Å². The van der Waals surface area contributed by atoms with Crippen LogP contribution < -0.4 is 10.6 Å². The minimum Gasteiger partial charge on any atom is -0.320 e. The van der Waals surface area contributed by atoms with Crippen molar-refractivity contribution in [1.82, 2.24) is 4.98 Å². The smallest absolute Gasteiger partial charge is 0.274 e. The van der Waals surface area contributed by atoms with Crippen molar-refractivity contribution >= 4 is 34.8 Å². The van der Waals surface area contributed by atoms with Crippen LogP contribution in [0.4, 0.5) is 11.4 Å². The fraction of sp³-hybridized carbons (Fsp3) is 0.136. The molecule has 1 heterocycles. The van der Waals surface area contributed by atoms with Crippen molar-refractivity contribution in [2.45, 2.75) is 20.8 Å². The van der Waals surface area contributed by atoms with E-state index in [1.54, 1.807) is 12.1 Å². The summed E-state index contributed by atoms with van der Waals surface area (Å²) in [6, 6.07) is 14.2. The molecule has 28 heavy (non-hydrogen) atoms. The second-order valence-corrected chi connectivity index (χ2v) is 7.00. The number of nitrogens with one attached hydrogen (secondary N) is 2. The summed E-state index contributed by atoms with van der Waals surface area (Å²) in [5.41, 5.74) is 4.55. The molecule has 3 aromatic rings. The van der Waals surface area contributed by atoms with Gasteiger partial charge < -0.3 is 10.6 Å². The third-order valence-corrected chi connectivity index (χ3v) is 4.62. The Balaban J connectivity index is 1.80. The van der Waals surface area contributed by atoms with E-state index in [0.29, 0.717) is 22.0 Å². The van der Waals surface area contributed by atoms with Crippen LogP contribution in [0.2, 0.25) is 5.02 Å². The van der Waals surface area contributed by atoms with Gasteiger partial charge in [0, 0.05) is 17.4 Å². The lowest BCUT2D eigenvalue weighted by Gasteiger charge is -2.12. The molecule has 0 saturated carbocycles. The third kappa shape index (κ3) is 4.38. The predicted molar refractivity (Wildman–Crippen MR) is 112 cm³/mol. The van der Waals surface area contributed by atoms with Gasteiger partial charge in [0.2, 0.25) is 0 Å². The minimum absolute atomic E-state index is 0.155. The van der Waals surface area contributed by atoms with Crippen molar-refractivity contribution in [1.29, 1.82) is 0 Å². The van der Waals surface area contributed by atoms with Crippen molar-refractivity contribution in [3.05, 3.63) is 87.7 Å². The number of halogens is 1. The zero-order valence-corrected chi connectivity index (χ0v) is 16.6. The zero-order chi connectivity index (χ0) is 20.3. The molecule has 0 unspecified atom stereocenters. The van der Waals surface area contributed by atoms with Crippen LogP contribution in [-0.2, 0) is 0 Å². The molecule has 0 atom stereocenters. The molecule has 0 aliphatic heterocycles. The van der Waals surface area contributed by atoms with Gasteiger partial charge in [-0.3, -0.25) is 14.6 Å². The number of aromatic nitrogens is 1. The fourth-order valence-electron chi connectivity index (χ4n) is 2.86. The van der Waals surface area contributed by atoms with E-state index in [1.807, 2.05) is 51.1 Å². The number of hydrogen-bond acceptors (Lipinski definition) is 3. The summed E-state index contributed by atoms with van der Waals surface area (Å²) in [6.45, 7) is 5.72. The molecule has 0 aliphatic carbocycles. The van der Waals surface area contributed by atoms with Gasteiger partial charge in [0.15, 0.2) is 0 Å². The number of rotatable bonds is 4. The first-order chi connectivity index (χ1) is 13.3. The maximum absolute atomic E-state index is 12.7. The lowest BCUT2D eigenvalue weighted by Crippen LogP contribution is -2.17. The lowest BCUT2D eigenvalue weighted by molar-refractivity contribution is 0.102. The van der Waals surface area contributed by atoms with Crippen LogP contribution in [0.15, 0.2) is 54.7 Å². The SMILES string of the molecule is Cc1cc(C)c(NC(=O)c2ccnc(C(=O)Nc3ccccc3C)c2)c(Cl)c1. The van der Waals surface area contributed by atoms with Crippen LogP contribution in [0, 0.1) is 20.8 Å². The molecule has 0 aliphatic rings. The van der Waals surface area contributed by atoms with Gasteiger partial charge >= 0.3 is 0 Å². The van der Waals surface area contributed by atoms with E-state index in [-0.39, 0.29) is 17.5 Å². The number of carbonyl (C=O) groups excluding carboxylic acids is 2. The summed E-state index contributed by atoms with van der Waals surface area (Å²) in [4.78, 5) is 29.3. The highest BCUT2D eigenvalue weighted by atomic mass is 35.5. The Labute approximate surface area is 168 Å². The standard InChI is InChI=1S/C22H20ClN3O2/c1-13-10-15(3)20(17(23)11-13)26-21(27)16-8-9-24-19(12-16)22(28)25-18-7-5-4-6-14(18)2/h4-12H,1-3H3,(H,25,28)(H,26,27). The molecule has 0 bridgehead atoms. The van der Waals surface area contributed by atoms with Gasteiger partial charge in [-0.15, -0.1) is 0 Å². The average Bonchev–Trinajstić information content (AvgIpc) is 2.66. The molecule has 6 heteroatoms. The fourth-order valence-corrected chi connectivity index (χ4v) is 3.22. The largest absolute Gasteiger partial charge is 0.320 e. The highest BCUT2D eigenvalue weighted by Crippen LogP contribution is 2.27. The molecule has 2 aromatic carbocycles. The van der Waals surface area contributed by atoms with E-state index in [1.165, 1.54) is 12.3 Å². The van der Waals surface area contributed by atoms with E-state index < -0.39 is 0 Å². The van der Waals surface area contributed by atoms with E-state index >= 15 is 0 Å². The topological polar surface area (TPSA) is 71.1 Å². The monoisotopic (exact) mass is 393 g/mol.